The smallest absolute Gasteiger partial charge is 0.0875 e. The van der Waals surface area contributed by atoms with Gasteiger partial charge >= 0.3 is 0 Å². The van der Waals surface area contributed by atoms with Gasteiger partial charge in [0.2, 0.25) is 0 Å². The minimum Gasteiger partial charge on any atom is -0.394 e. The van der Waals surface area contributed by atoms with Gasteiger partial charge in [0.25, 0.3) is 0 Å². The maximum absolute atomic E-state index is 8.71. The van der Waals surface area contributed by atoms with Crippen molar-refractivity contribution in [3.63, 3.8) is 0 Å². The molecule has 1 N–H and O–H groups in total. The van der Waals surface area contributed by atoms with E-state index >= 15 is 0 Å². The van der Waals surface area contributed by atoms with Crippen molar-refractivity contribution in [2.75, 3.05) is 13.2 Å². The van der Waals surface area contributed by atoms with E-state index in [1.54, 1.807) is 0 Å². The maximum atomic E-state index is 8.71. The first kappa shape index (κ1) is 7.88. The summed E-state index contributed by atoms with van der Waals surface area (Å²) in [5.74, 6) is 0. The van der Waals surface area contributed by atoms with Crippen LogP contribution in [-0.2, 0) is 4.74 Å². The molecule has 0 bridgehead atoms. The van der Waals surface area contributed by atoms with E-state index in [9.17, 15) is 0 Å². The molecule has 1 rings (SSSR count). The summed E-state index contributed by atoms with van der Waals surface area (Å²) in [5.41, 5.74) is 0.896. The van der Waals surface area contributed by atoms with E-state index < -0.39 is 0 Å². The van der Waals surface area contributed by atoms with Gasteiger partial charge in [-0.1, -0.05) is 0 Å². The van der Waals surface area contributed by atoms with Crippen molar-refractivity contribution in [3.8, 4) is 0 Å². The fourth-order valence-corrected chi connectivity index (χ4v) is 1.61. The van der Waals surface area contributed by atoms with E-state index in [1.807, 2.05) is 0 Å². The first-order valence-corrected chi connectivity index (χ1v) is 4.32. The average Bonchev–Trinajstić information content (AvgIpc) is 2.15. The van der Waals surface area contributed by atoms with Gasteiger partial charge in [0, 0.05) is 11.3 Å². The minimum absolute atomic E-state index is 0.0394. The van der Waals surface area contributed by atoms with E-state index in [-0.39, 0.29) is 12.7 Å². The highest BCUT2D eigenvalue weighted by atomic mass is 31.0. The Labute approximate surface area is 59.8 Å². The monoisotopic (exact) mass is 166 g/mol. The van der Waals surface area contributed by atoms with Crippen LogP contribution in [0.15, 0.2) is 0 Å². The van der Waals surface area contributed by atoms with Gasteiger partial charge in [-0.05, 0) is 0 Å². The molecular formula is C5H12O2P2. The van der Waals surface area contributed by atoms with Crippen LogP contribution < -0.4 is 0 Å². The highest BCUT2D eigenvalue weighted by molar-refractivity contribution is 7.23. The van der Waals surface area contributed by atoms with Gasteiger partial charge in [-0.15, -0.1) is 18.5 Å². The van der Waals surface area contributed by atoms with Crippen molar-refractivity contribution in [3.05, 3.63) is 0 Å². The third-order valence-corrected chi connectivity index (χ3v) is 3.61. The Hall–Kier alpha value is 0.780. The molecule has 1 heterocycles. The lowest BCUT2D eigenvalue weighted by Gasteiger charge is -2.11. The second-order valence-corrected chi connectivity index (χ2v) is 3.92. The lowest BCUT2D eigenvalue weighted by Crippen LogP contribution is -2.23. The van der Waals surface area contributed by atoms with Gasteiger partial charge < -0.3 is 9.84 Å². The number of aliphatic hydroxyl groups is 1. The molecule has 0 saturated carbocycles. The lowest BCUT2D eigenvalue weighted by molar-refractivity contribution is 0.0612. The summed E-state index contributed by atoms with van der Waals surface area (Å²) in [6.45, 7) is 0.892. The topological polar surface area (TPSA) is 29.5 Å². The number of ether oxygens (including phenoxy) is 1. The van der Waals surface area contributed by atoms with Gasteiger partial charge in [-0.3, -0.25) is 0 Å². The summed E-state index contributed by atoms with van der Waals surface area (Å²) in [6.07, 6.45) is 0.0394. The summed E-state index contributed by atoms with van der Waals surface area (Å²) >= 11 is 0. The predicted molar refractivity (Wildman–Crippen MR) is 43.8 cm³/mol. The number of aliphatic hydroxyl groups excluding tert-OH is 1. The van der Waals surface area contributed by atoms with Gasteiger partial charge in [-0.2, -0.15) is 0 Å². The summed E-state index contributed by atoms with van der Waals surface area (Å²) in [7, 11) is 5.40. The van der Waals surface area contributed by atoms with Crippen LogP contribution in [0.3, 0.4) is 0 Å². The SMILES string of the molecule is OCC1OCC(P)C1P. The third-order valence-electron chi connectivity index (χ3n) is 1.61. The molecule has 5 unspecified atom stereocenters. The van der Waals surface area contributed by atoms with Gasteiger partial charge in [0.05, 0.1) is 19.3 Å². The summed E-state index contributed by atoms with van der Waals surface area (Å²) in [4.78, 5) is 0. The standard InChI is InChI=1S/C5H12O2P2/c6-1-3-5(9)4(8)2-7-3/h3-6H,1-2,8-9H2. The molecule has 0 spiro atoms. The van der Waals surface area contributed by atoms with Crippen LogP contribution in [0.2, 0.25) is 0 Å². The molecule has 54 valence electrons. The molecule has 0 aromatic rings. The number of hydrogen-bond acceptors (Lipinski definition) is 2. The largest absolute Gasteiger partial charge is 0.394 e. The minimum atomic E-state index is 0.0394. The van der Waals surface area contributed by atoms with Crippen LogP contribution in [0.5, 0.6) is 0 Å². The molecule has 4 heteroatoms. The fraction of sp³-hybridized carbons (Fsp3) is 1.00. The Morgan fingerprint density at radius 1 is 1.56 bits per heavy atom. The summed E-state index contributed by atoms with van der Waals surface area (Å²) < 4.78 is 5.23. The molecular weight excluding hydrogens is 154 g/mol. The molecule has 5 atom stereocenters. The van der Waals surface area contributed by atoms with E-state index in [0.717, 1.165) is 6.61 Å². The number of hydrogen-bond donors (Lipinski definition) is 1. The van der Waals surface area contributed by atoms with Crippen LogP contribution >= 0.6 is 18.5 Å². The van der Waals surface area contributed by atoms with Crippen LogP contribution in [0.25, 0.3) is 0 Å². The molecule has 9 heavy (non-hydrogen) atoms. The second-order valence-electron chi connectivity index (χ2n) is 2.30. The highest BCUT2D eigenvalue weighted by Crippen LogP contribution is 2.26. The number of rotatable bonds is 1. The third kappa shape index (κ3) is 1.62. The maximum Gasteiger partial charge on any atom is 0.0875 e. The van der Waals surface area contributed by atoms with Crippen LogP contribution in [0.4, 0.5) is 0 Å². The zero-order chi connectivity index (χ0) is 6.85. The Kier molecular flexibility index (Phi) is 2.85. The quantitative estimate of drug-likeness (QED) is 0.549. The predicted octanol–water partition coefficient (Wildman–Crippen LogP) is -0.135. The van der Waals surface area contributed by atoms with E-state index in [4.69, 9.17) is 9.84 Å². The first-order chi connectivity index (χ1) is 4.25. The fourth-order valence-electron chi connectivity index (χ4n) is 0.907. The average molecular weight is 166 g/mol. The van der Waals surface area contributed by atoms with Gasteiger partial charge in [0.1, 0.15) is 0 Å². The molecule has 0 radical (unpaired) electrons. The zero-order valence-corrected chi connectivity index (χ0v) is 7.47. The zero-order valence-electron chi connectivity index (χ0n) is 5.16. The molecule has 2 nitrogen and oxygen atoms in total. The van der Waals surface area contributed by atoms with Crippen molar-refractivity contribution in [1.82, 2.24) is 0 Å². The Morgan fingerprint density at radius 3 is 2.44 bits per heavy atom. The molecule has 1 fully saturated rings. The normalized spacial score (nSPS) is 43.7. The van der Waals surface area contributed by atoms with E-state index in [1.165, 1.54) is 0 Å². The van der Waals surface area contributed by atoms with Crippen molar-refractivity contribution in [1.29, 1.82) is 0 Å². The molecule has 0 aliphatic carbocycles. The van der Waals surface area contributed by atoms with Crippen molar-refractivity contribution < 1.29 is 9.84 Å². The van der Waals surface area contributed by atoms with E-state index in [0.29, 0.717) is 11.3 Å². The van der Waals surface area contributed by atoms with Gasteiger partial charge in [-0.25, -0.2) is 0 Å². The molecule has 1 aliphatic rings. The Morgan fingerprint density at radius 2 is 2.22 bits per heavy atom. The van der Waals surface area contributed by atoms with Crippen LogP contribution in [-0.4, -0.2) is 35.7 Å². The first-order valence-electron chi connectivity index (χ1n) is 2.99. The van der Waals surface area contributed by atoms with Crippen LogP contribution in [0.1, 0.15) is 0 Å². The molecule has 0 aromatic carbocycles. The Bertz CT molecular complexity index is 99.0. The van der Waals surface area contributed by atoms with Crippen molar-refractivity contribution in [2.45, 2.75) is 17.4 Å². The highest BCUT2D eigenvalue weighted by Gasteiger charge is 2.30. The molecule has 1 aliphatic heterocycles. The molecule has 1 saturated heterocycles. The molecule has 0 aromatic heterocycles. The Balaban J connectivity index is 2.41. The molecule has 0 amide bonds. The lowest BCUT2D eigenvalue weighted by atomic mass is 10.2. The van der Waals surface area contributed by atoms with Crippen molar-refractivity contribution >= 4 is 18.5 Å². The summed E-state index contributed by atoms with van der Waals surface area (Å²) in [6, 6.07) is 0. The van der Waals surface area contributed by atoms with Crippen molar-refractivity contribution in [2.24, 2.45) is 0 Å². The van der Waals surface area contributed by atoms with Gasteiger partial charge in [0.15, 0.2) is 0 Å². The summed E-state index contributed by atoms with van der Waals surface area (Å²) in [5, 5.41) is 8.71. The second kappa shape index (κ2) is 3.25. The van der Waals surface area contributed by atoms with Crippen LogP contribution in [0, 0.1) is 0 Å². The van der Waals surface area contributed by atoms with E-state index in [2.05, 4.69) is 18.5 Å².